The van der Waals surface area contributed by atoms with Gasteiger partial charge in [0.25, 0.3) is 0 Å². The molecule has 0 aliphatic carbocycles. The first-order valence-electron chi connectivity index (χ1n) is 4.12. The molecule has 0 bridgehead atoms. The summed E-state index contributed by atoms with van der Waals surface area (Å²) in [7, 11) is 1.41. The van der Waals surface area contributed by atoms with E-state index < -0.39 is 11.4 Å². The lowest BCUT2D eigenvalue weighted by Crippen LogP contribution is -2.17. The van der Waals surface area contributed by atoms with Crippen LogP contribution in [0.25, 0.3) is 0 Å². The normalized spacial score (nSPS) is 11.6. The van der Waals surface area contributed by atoms with Crippen molar-refractivity contribution < 1.29 is 14.2 Å². The zero-order chi connectivity index (χ0) is 10.9. The Morgan fingerprint density at radius 3 is 2.43 bits per heavy atom. The second-order valence-electron chi connectivity index (χ2n) is 3.50. The standard InChI is InChI=1S/C10H12ClFO2/c1-10(2,13)6-4-5-7(14-3)8(11)9(6)12/h4-5,13H,1-3H3. The summed E-state index contributed by atoms with van der Waals surface area (Å²) >= 11 is 5.69. The SMILES string of the molecule is COc1ccc(C(C)(C)O)c(F)c1Cl. The highest BCUT2D eigenvalue weighted by atomic mass is 35.5. The average molecular weight is 219 g/mol. The molecule has 14 heavy (non-hydrogen) atoms. The Morgan fingerprint density at radius 1 is 1.43 bits per heavy atom. The van der Waals surface area contributed by atoms with Crippen molar-refractivity contribution in [1.29, 1.82) is 0 Å². The fourth-order valence-electron chi connectivity index (χ4n) is 1.16. The fourth-order valence-corrected chi connectivity index (χ4v) is 1.40. The van der Waals surface area contributed by atoms with E-state index in [1.165, 1.54) is 33.1 Å². The third-order valence-corrected chi connectivity index (χ3v) is 2.28. The van der Waals surface area contributed by atoms with Crippen LogP contribution in [0, 0.1) is 5.82 Å². The Hall–Kier alpha value is -0.800. The molecule has 0 aliphatic rings. The molecular weight excluding hydrogens is 207 g/mol. The molecule has 0 saturated carbocycles. The van der Waals surface area contributed by atoms with Gasteiger partial charge in [0.15, 0.2) is 5.82 Å². The summed E-state index contributed by atoms with van der Waals surface area (Å²) < 4.78 is 18.4. The van der Waals surface area contributed by atoms with Crippen LogP contribution >= 0.6 is 11.6 Å². The van der Waals surface area contributed by atoms with E-state index in [2.05, 4.69) is 0 Å². The van der Waals surface area contributed by atoms with E-state index in [1.807, 2.05) is 0 Å². The van der Waals surface area contributed by atoms with Crippen molar-refractivity contribution in [1.82, 2.24) is 0 Å². The van der Waals surface area contributed by atoms with Crippen LogP contribution in [-0.2, 0) is 5.60 Å². The number of methoxy groups -OCH3 is 1. The first-order valence-corrected chi connectivity index (χ1v) is 4.50. The van der Waals surface area contributed by atoms with Gasteiger partial charge in [-0.05, 0) is 26.0 Å². The Balaban J connectivity index is 3.31. The van der Waals surface area contributed by atoms with Gasteiger partial charge in [0, 0.05) is 5.56 Å². The third-order valence-electron chi connectivity index (χ3n) is 1.93. The van der Waals surface area contributed by atoms with Crippen LogP contribution in [-0.4, -0.2) is 12.2 Å². The zero-order valence-electron chi connectivity index (χ0n) is 8.27. The van der Waals surface area contributed by atoms with E-state index in [0.717, 1.165) is 0 Å². The summed E-state index contributed by atoms with van der Waals surface area (Å²) in [6, 6.07) is 2.98. The molecule has 0 aliphatic heterocycles. The molecule has 1 aromatic carbocycles. The number of aliphatic hydroxyl groups is 1. The van der Waals surface area contributed by atoms with Crippen LogP contribution in [0.3, 0.4) is 0 Å². The Kier molecular flexibility index (Phi) is 3.02. The number of rotatable bonds is 2. The highest BCUT2D eigenvalue weighted by Gasteiger charge is 2.23. The second kappa shape index (κ2) is 3.75. The summed E-state index contributed by atoms with van der Waals surface area (Å²) in [5, 5.41) is 9.51. The number of halogens is 2. The minimum absolute atomic E-state index is 0.105. The van der Waals surface area contributed by atoms with Crippen molar-refractivity contribution in [3.8, 4) is 5.75 Å². The molecular formula is C10H12ClFO2. The van der Waals surface area contributed by atoms with Crippen LogP contribution in [0.1, 0.15) is 19.4 Å². The molecule has 0 spiro atoms. The number of hydrogen-bond acceptors (Lipinski definition) is 2. The van der Waals surface area contributed by atoms with E-state index >= 15 is 0 Å². The van der Waals surface area contributed by atoms with E-state index in [0.29, 0.717) is 0 Å². The monoisotopic (exact) mass is 218 g/mol. The van der Waals surface area contributed by atoms with E-state index in [1.54, 1.807) is 0 Å². The number of ether oxygens (including phenoxy) is 1. The van der Waals surface area contributed by atoms with Crippen LogP contribution in [0.15, 0.2) is 12.1 Å². The lowest BCUT2D eigenvalue weighted by atomic mass is 9.98. The van der Waals surface area contributed by atoms with Gasteiger partial charge >= 0.3 is 0 Å². The summed E-state index contributed by atoms with van der Waals surface area (Å²) in [6.45, 7) is 2.99. The molecule has 0 heterocycles. The Labute approximate surface area is 87.3 Å². The number of benzene rings is 1. The molecule has 0 radical (unpaired) electrons. The van der Waals surface area contributed by atoms with Gasteiger partial charge < -0.3 is 9.84 Å². The minimum atomic E-state index is -1.25. The Bertz CT molecular complexity index is 345. The maximum absolute atomic E-state index is 13.6. The first kappa shape index (κ1) is 11.3. The van der Waals surface area contributed by atoms with Gasteiger partial charge in [0.05, 0.1) is 12.7 Å². The number of hydrogen-bond donors (Lipinski definition) is 1. The van der Waals surface area contributed by atoms with Crippen LogP contribution in [0.2, 0.25) is 5.02 Å². The third kappa shape index (κ3) is 1.99. The minimum Gasteiger partial charge on any atom is -0.495 e. The first-order chi connectivity index (χ1) is 6.38. The largest absolute Gasteiger partial charge is 0.495 e. The molecule has 1 rings (SSSR count). The van der Waals surface area contributed by atoms with Crippen LogP contribution < -0.4 is 4.74 Å². The van der Waals surface area contributed by atoms with Gasteiger partial charge in [-0.2, -0.15) is 0 Å². The van der Waals surface area contributed by atoms with Crippen LogP contribution in [0.4, 0.5) is 4.39 Å². The molecule has 0 fully saturated rings. The molecule has 78 valence electrons. The van der Waals surface area contributed by atoms with Crippen molar-refractivity contribution in [3.05, 3.63) is 28.5 Å². The van der Waals surface area contributed by atoms with Gasteiger partial charge in [-0.1, -0.05) is 11.6 Å². The maximum Gasteiger partial charge on any atom is 0.151 e. The van der Waals surface area contributed by atoms with E-state index in [9.17, 15) is 9.50 Å². The predicted molar refractivity (Wildman–Crippen MR) is 53.2 cm³/mol. The van der Waals surface area contributed by atoms with Gasteiger partial charge in [-0.15, -0.1) is 0 Å². The van der Waals surface area contributed by atoms with Crippen molar-refractivity contribution in [2.24, 2.45) is 0 Å². The molecule has 0 amide bonds. The quantitative estimate of drug-likeness (QED) is 0.827. The molecule has 0 unspecified atom stereocenters. The summed E-state index contributed by atoms with van der Waals surface area (Å²) in [5.41, 5.74) is -1.09. The molecule has 0 saturated heterocycles. The van der Waals surface area contributed by atoms with Crippen molar-refractivity contribution >= 4 is 11.6 Å². The molecule has 2 nitrogen and oxygen atoms in total. The zero-order valence-corrected chi connectivity index (χ0v) is 9.02. The molecule has 1 aromatic rings. The van der Waals surface area contributed by atoms with Crippen molar-refractivity contribution in [2.45, 2.75) is 19.4 Å². The molecule has 0 atom stereocenters. The smallest absolute Gasteiger partial charge is 0.151 e. The second-order valence-corrected chi connectivity index (χ2v) is 3.88. The van der Waals surface area contributed by atoms with E-state index in [-0.39, 0.29) is 16.3 Å². The topological polar surface area (TPSA) is 29.5 Å². The van der Waals surface area contributed by atoms with Gasteiger partial charge in [-0.25, -0.2) is 4.39 Å². The highest BCUT2D eigenvalue weighted by Crippen LogP contribution is 2.33. The van der Waals surface area contributed by atoms with Gasteiger partial charge in [-0.3, -0.25) is 0 Å². The molecule has 1 N–H and O–H groups in total. The fraction of sp³-hybridized carbons (Fsp3) is 0.400. The average Bonchev–Trinajstić information content (AvgIpc) is 2.07. The van der Waals surface area contributed by atoms with Crippen molar-refractivity contribution in [2.75, 3.05) is 7.11 Å². The predicted octanol–water partition coefficient (Wildman–Crippen LogP) is 2.72. The molecule has 4 heteroatoms. The maximum atomic E-state index is 13.6. The highest BCUT2D eigenvalue weighted by molar-refractivity contribution is 6.32. The Morgan fingerprint density at radius 2 is 2.00 bits per heavy atom. The van der Waals surface area contributed by atoms with Gasteiger partial charge in [0.1, 0.15) is 10.8 Å². The van der Waals surface area contributed by atoms with Crippen molar-refractivity contribution in [3.63, 3.8) is 0 Å². The summed E-state index contributed by atoms with van der Waals surface area (Å²) in [6.07, 6.45) is 0. The van der Waals surface area contributed by atoms with E-state index in [4.69, 9.17) is 16.3 Å². The summed E-state index contributed by atoms with van der Waals surface area (Å²) in [4.78, 5) is 0. The lowest BCUT2D eigenvalue weighted by Gasteiger charge is -2.19. The van der Waals surface area contributed by atoms with Crippen LogP contribution in [0.5, 0.6) is 5.75 Å². The molecule has 0 aromatic heterocycles. The summed E-state index contributed by atoms with van der Waals surface area (Å²) in [5.74, 6) is -0.379. The van der Waals surface area contributed by atoms with Gasteiger partial charge in [0.2, 0.25) is 0 Å². The lowest BCUT2D eigenvalue weighted by molar-refractivity contribution is 0.0745.